The van der Waals surface area contributed by atoms with Crippen LogP contribution in [0.1, 0.15) is 22.7 Å². The fourth-order valence-electron chi connectivity index (χ4n) is 1.65. The number of alkyl halides is 3. The average molecular weight is 285 g/mol. The molecule has 0 radical (unpaired) electrons. The van der Waals surface area contributed by atoms with Gasteiger partial charge in [0, 0.05) is 6.42 Å². The lowest BCUT2D eigenvalue weighted by atomic mass is 10.1. The summed E-state index contributed by atoms with van der Waals surface area (Å²) in [5.74, 6) is -0.764. The first-order valence-electron chi connectivity index (χ1n) is 5.66. The maximum absolute atomic E-state index is 12.4. The van der Waals surface area contributed by atoms with Crippen LogP contribution in [0.25, 0.3) is 0 Å². The van der Waals surface area contributed by atoms with Crippen LogP contribution >= 0.6 is 0 Å². The zero-order chi connectivity index (χ0) is 14.8. The van der Waals surface area contributed by atoms with Gasteiger partial charge in [0.25, 0.3) is 0 Å². The first-order chi connectivity index (χ1) is 9.34. The molecule has 0 aliphatic carbocycles. The van der Waals surface area contributed by atoms with Gasteiger partial charge in [-0.25, -0.2) is 4.98 Å². The van der Waals surface area contributed by atoms with Crippen LogP contribution in [-0.2, 0) is 23.8 Å². The number of aromatic nitrogens is 1. The quantitative estimate of drug-likeness (QED) is 0.938. The number of carboxylic acid groups (broad SMARTS) is 1. The second kappa shape index (κ2) is 5.36. The van der Waals surface area contributed by atoms with Crippen molar-refractivity contribution in [3.05, 3.63) is 53.2 Å². The number of oxazole rings is 1. The lowest BCUT2D eigenvalue weighted by Crippen LogP contribution is -2.04. The molecule has 0 fully saturated rings. The summed E-state index contributed by atoms with van der Waals surface area (Å²) in [5.41, 5.74) is 0.154. The number of rotatable bonds is 4. The molecule has 0 amide bonds. The van der Waals surface area contributed by atoms with Gasteiger partial charge in [0.2, 0.25) is 0 Å². The SMILES string of the molecule is O=C(O)Cc1coc(Cc2ccc(C(F)(F)F)cc2)n1. The molecular weight excluding hydrogens is 275 g/mol. The normalized spacial score (nSPS) is 11.6. The summed E-state index contributed by atoms with van der Waals surface area (Å²) in [5, 5.41) is 8.58. The third-order valence-electron chi connectivity index (χ3n) is 2.57. The van der Waals surface area contributed by atoms with E-state index in [2.05, 4.69) is 4.98 Å². The van der Waals surface area contributed by atoms with Gasteiger partial charge in [-0.1, -0.05) is 12.1 Å². The molecule has 4 nitrogen and oxygen atoms in total. The molecule has 1 aromatic carbocycles. The second-order valence-corrected chi connectivity index (χ2v) is 4.17. The van der Waals surface area contributed by atoms with E-state index >= 15 is 0 Å². The Morgan fingerprint density at radius 3 is 2.45 bits per heavy atom. The fourth-order valence-corrected chi connectivity index (χ4v) is 1.65. The zero-order valence-electron chi connectivity index (χ0n) is 10.1. The molecule has 106 valence electrons. The molecule has 0 atom stereocenters. The minimum atomic E-state index is -4.36. The van der Waals surface area contributed by atoms with Crippen molar-refractivity contribution in [3.63, 3.8) is 0 Å². The van der Waals surface area contributed by atoms with Gasteiger partial charge in [-0.3, -0.25) is 4.79 Å². The molecule has 1 aromatic heterocycles. The summed E-state index contributed by atoms with van der Waals surface area (Å²) in [6.45, 7) is 0. The Balaban J connectivity index is 2.06. The van der Waals surface area contributed by atoms with Crippen LogP contribution in [-0.4, -0.2) is 16.1 Å². The molecule has 2 aromatic rings. The molecule has 0 spiro atoms. The Hall–Kier alpha value is -2.31. The summed E-state index contributed by atoms with van der Waals surface area (Å²) in [4.78, 5) is 14.4. The van der Waals surface area contributed by atoms with E-state index < -0.39 is 17.7 Å². The average Bonchev–Trinajstić information content (AvgIpc) is 2.75. The molecule has 0 bridgehead atoms. The van der Waals surface area contributed by atoms with E-state index in [9.17, 15) is 18.0 Å². The number of carboxylic acids is 1. The van der Waals surface area contributed by atoms with E-state index in [0.29, 0.717) is 5.56 Å². The Bertz CT molecular complexity index is 602. The molecule has 2 rings (SSSR count). The van der Waals surface area contributed by atoms with Crippen molar-refractivity contribution < 1.29 is 27.5 Å². The van der Waals surface area contributed by atoms with Crippen LogP contribution in [0.5, 0.6) is 0 Å². The van der Waals surface area contributed by atoms with Gasteiger partial charge in [-0.2, -0.15) is 13.2 Å². The highest BCUT2D eigenvalue weighted by Crippen LogP contribution is 2.29. The Kier molecular flexibility index (Phi) is 3.78. The van der Waals surface area contributed by atoms with E-state index in [1.807, 2.05) is 0 Å². The first kappa shape index (κ1) is 14.1. The van der Waals surface area contributed by atoms with E-state index in [4.69, 9.17) is 9.52 Å². The van der Waals surface area contributed by atoms with Crippen molar-refractivity contribution in [3.8, 4) is 0 Å². The number of hydrogen-bond acceptors (Lipinski definition) is 3. The van der Waals surface area contributed by atoms with Gasteiger partial charge in [-0.05, 0) is 17.7 Å². The molecule has 0 saturated heterocycles. The molecular formula is C13H10F3NO3. The molecule has 20 heavy (non-hydrogen) atoms. The highest BCUT2D eigenvalue weighted by molar-refractivity contribution is 5.69. The van der Waals surface area contributed by atoms with Gasteiger partial charge >= 0.3 is 12.1 Å². The van der Waals surface area contributed by atoms with Crippen LogP contribution in [0.2, 0.25) is 0 Å². The summed E-state index contributed by atoms with van der Waals surface area (Å²) >= 11 is 0. The summed E-state index contributed by atoms with van der Waals surface area (Å²) < 4.78 is 42.2. The van der Waals surface area contributed by atoms with Crippen molar-refractivity contribution in [2.45, 2.75) is 19.0 Å². The van der Waals surface area contributed by atoms with Crippen LogP contribution in [0, 0.1) is 0 Å². The molecule has 0 aliphatic rings. The molecule has 1 N–H and O–H groups in total. The highest BCUT2D eigenvalue weighted by Gasteiger charge is 2.29. The van der Waals surface area contributed by atoms with Gasteiger partial charge in [0.15, 0.2) is 5.89 Å². The van der Waals surface area contributed by atoms with Crippen molar-refractivity contribution >= 4 is 5.97 Å². The summed E-state index contributed by atoms with van der Waals surface area (Å²) in [6, 6.07) is 4.64. The van der Waals surface area contributed by atoms with Gasteiger partial charge in [0.1, 0.15) is 6.26 Å². The minimum Gasteiger partial charge on any atom is -0.481 e. The number of aliphatic carboxylic acids is 1. The van der Waals surface area contributed by atoms with E-state index in [1.165, 1.54) is 18.4 Å². The number of nitrogens with zero attached hydrogens (tertiary/aromatic N) is 1. The fraction of sp³-hybridized carbons (Fsp3) is 0.231. The number of benzene rings is 1. The smallest absolute Gasteiger partial charge is 0.416 e. The predicted octanol–water partition coefficient (Wildman–Crippen LogP) is 2.91. The summed E-state index contributed by atoms with van der Waals surface area (Å²) in [7, 11) is 0. The lowest BCUT2D eigenvalue weighted by molar-refractivity contribution is -0.138. The number of hydrogen-bond donors (Lipinski definition) is 1. The van der Waals surface area contributed by atoms with E-state index in [0.717, 1.165) is 12.1 Å². The minimum absolute atomic E-state index is 0.206. The van der Waals surface area contributed by atoms with Crippen molar-refractivity contribution in [1.82, 2.24) is 4.98 Å². The summed E-state index contributed by atoms with van der Waals surface area (Å²) in [6.07, 6.45) is -3.18. The second-order valence-electron chi connectivity index (χ2n) is 4.17. The molecule has 0 unspecified atom stereocenters. The van der Waals surface area contributed by atoms with Crippen LogP contribution in [0.15, 0.2) is 34.9 Å². The third kappa shape index (κ3) is 3.59. The first-order valence-corrected chi connectivity index (χ1v) is 5.66. The molecule has 7 heteroatoms. The zero-order valence-corrected chi connectivity index (χ0v) is 10.1. The maximum atomic E-state index is 12.4. The van der Waals surface area contributed by atoms with Crippen molar-refractivity contribution in [2.75, 3.05) is 0 Å². The third-order valence-corrected chi connectivity index (χ3v) is 2.57. The van der Waals surface area contributed by atoms with Crippen LogP contribution < -0.4 is 0 Å². The van der Waals surface area contributed by atoms with Crippen LogP contribution in [0.3, 0.4) is 0 Å². The largest absolute Gasteiger partial charge is 0.481 e. The van der Waals surface area contributed by atoms with Gasteiger partial charge < -0.3 is 9.52 Å². The van der Waals surface area contributed by atoms with Crippen molar-refractivity contribution in [2.24, 2.45) is 0 Å². The number of halogens is 3. The van der Waals surface area contributed by atoms with E-state index in [1.54, 1.807) is 0 Å². The molecule has 1 heterocycles. The van der Waals surface area contributed by atoms with Gasteiger partial charge in [0.05, 0.1) is 17.7 Å². The Morgan fingerprint density at radius 1 is 1.25 bits per heavy atom. The monoisotopic (exact) mass is 285 g/mol. The number of carbonyl (C=O) groups is 1. The Labute approximate surface area is 111 Å². The van der Waals surface area contributed by atoms with Crippen LogP contribution in [0.4, 0.5) is 13.2 Å². The highest BCUT2D eigenvalue weighted by atomic mass is 19.4. The molecule has 0 aliphatic heterocycles. The maximum Gasteiger partial charge on any atom is 0.416 e. The predicted molar refractivity (Wildman–Crippen MR) is 62.1 cm³/mol. The topological polar surface area (TPSA) is 63.3 Å². The van der Waals surface area contributed by atoms with E-state index in [-0.39, 0.29) is 24.4 Å². The van der Waals surface area contributed by atoms with Crippen molar-refractivity contribution in [1.29, 1.82) is 0 Å². The molecule has 0 saturated carbocycles. The lowest BCUT2D eigenvalue weighted by Gasteiger charge is -2.06. The van der Waals surface area contributed by atoms with Gasteiger partial charge in [-0.15, -0.1) is 0 Å². The standard InChI is InChI=1S/C13H10F3NO3/c14-13(15,16)9-3-1-8(2-4-9)5-11-17-10(7-20-11)6-12(18)19/h1-4,7H,5-6H2,(H,18,19). The Morgan fingerprint density at radius 2 is 1.90 bits per heavy atom.